The molecule has 2 aromatic rings. The molecule has 0 fully saturated rings. The van der Waals surface area contributed by atoms with Crippen LogP contribution in [0.2, 0.25) is 5.02 Å². The first-order valence-electron chi connectivity index (χ1n) is 6.72. The molecule has 0 saturated carbocycles. The van der Waals surface area contributed by atoms with E-state index < -0.39 is 0 Å². The summed E-state index contributed by atoms with van der Waals surface area (Å²) in [5.74, 6) is -0.0273. The van der Waals surface area contributed by atoms with Gasteiger partial charge in [-0.2, -0.15) is 0 Å². The van der Waals surface area contributed by atoms with Crippen molar-refractivity contribution in [2.75, 3.05) is 18.0 Å². The third kappa shape index (κ3) is 2.98. The van der Waals surface area contributed by atoms with Crippen LogP contribution in [0.5, 0.6) is 0 Å². The Bertz CT molecular complexity index is 690. The van der Waals surface area contributed by atoms with Gasteiger partial charge in [0.25, 0.3) is 5.91 Å². The van der Waals surface area contributed by atoms with Gasteiger partial charge in [-0.1, -0.05) is 29.8 Å². The van der Waals surface area contributed by atoms with Gasteiger partial charge in [0.1, 0.15) is 0 Å². The zero-order valence-electron chi connectivity index (χ0n) is 11.3. The summed E-state index contributed by atoms with van der Waals surface area (Å²) in [4.78, 5) is 14.6. The van der Waals surface area contributed by atoms with Gasteiger partial charge in [-0.3, -0.25) is 4.79 Å². The highest BCUT2D eigenvalue weighted by Crippen LogP contribution is 2.27. The second-order valence-electron chi connectivity index (χ2n) is 4.89. The molecule has 1 amide bonds. The van der Waals surface area contributed by atoms with Crippen molar-refractivity contribution >= 4 is 39.1 Å². The van der Waals surface area contributed by atoms with E-state index in [-0.39, 0.29) is 5.91 Å². The second kappa shape index (κ2) is 6.18. The topological polar surface area (TPSA) is 32.3 Å². The van der Waals surface area contributed by atoms with Crippen LogP contribution in [0.15, 0.2) is 46.9 Å². The highest BCUT2D eigenvalue weighted by Gasteiger charge is 2.22. The van der Waals surface area contributed by atoms with Crippen molar-refractivity contribution in [1.29, 1.82) is 0 Å². The number of benzene rings is 2. The Morgan fingerprint density at radius 1 is 1.24 bits per heavy atom. The number of carbonyl (C=O) groups excluding carboxylic acids is 1. The Kier molecular flexibility index (Phi) is 4.29. The lowest BCUT2D eigenvalue weighted by molar-refractivity contribution is 0.0987. The summed E-state index contributed by atoms with van der Waals surface area (Å²) >= 11 is 9.45. The minimum atomic E-state index is -0.0273. The number of para-hydroxylation sites is 1. The molecule has 0 spiro atoms. The van der Waals surface area contributed by atoms with Crippen LogP contribution in [0.25, 0.3) is 0 Å². The minimum absolute atomic E-state index is 0.0273. The predicted molar refractivity (Wildman–Crippen MR) is 89.0 cm³/mol. The van der Waals surface area contributed by atoms with E-state index >= 15 is 0 Å². The lowest BCUT2D eigenvalue weighted by Gasteiger charge is -2.22. The second-order valence-corrected chi connectivity index (χ2v) is 6.15. The van der Waals surface area contributed by atoms with E-state index in [0.717, 1.165) is 28.8 Å². The Hall–Kier alpha value is -1.36. The van der Waals surface area contributed by atoms with Crippen molar-refractivity contribution in [2.24, 2.45) is 0 Å². The average molecular weight is 366 g/mol. The summed E-state index contributed by atoms with van der Waals surface area (Å²) < 4.78 is 0.790. The standard InChI is InChI=1S/C16H14BrClN2O/c17-13-6-5-11(9-14(13)18)16(21)20-8-7-19-10-12-3-1-2-4-15(12)20/h1-6,9,19H,7-8,10H2. The summed E-state index contributed by atoms with van der Waals surface area (Å²) in [6.07, 6.45) is 0. The van der Waals surface area contributed by atoms with E-state index in [1.807, 2.05) is 29.2 Å². The van der Waals surface area contributed by atoms with Crippen molar-refractivity contribution in [2.45, 2.75) is 6.54 Å². The Morgan fingerprint density at radius 3 is 2.86 bits per heavy atom. The van der Waals surface area contributed by atoms with Crippen LogP contribution in [0, 0.1) is 0 Å². The molecule has 3 nitrogen and oxygen atoms in total. The number of amides is 1. The molecule has 1 aliphatic rings. The normalized spacial score (nSPS) is 14.5. The van der Waals surface area contributed by atoms with Crippen LogP contribution in [0.4, 0.5) is 5.69 Å². The molecule has 1 N–H and O–H groups in total. The monoisotopic (exact) mass is 364 g/mol. The highest BCUT2D eigenvalue weighted by atomic mass is 79.9. The Balaban J connectivity index is 1.99. The third-order valence-corrected chi connectivity index (χ3v) is 4.75. The molecule has 0 unspecified atom stereocenters. The Labute approximate surface area is 137 Å². The fourth-order valence-electron chi connectivity index (χ4n) is 2.45. The zero-order valence-corrected chi connectivity index (χ0v) is 13.6. The first-order valence-corrected chi connectivity index (χ1v) is 7.89. The number of carbonyl (C=O) groups is 1. The van der Waals surface area contributed by atoms with Crippen LogP contribution in [-0.2, 0) is 6.54 Å². The van der Waals surface area contributed by atoms with E-state index in [9.17, 15) is 4.79 Å². The van der Waals surface area contributed by atoms with Gasteiger partial charge in [-0.05, 0) is 45.8 Å². The van der Waals surface area contributed by atoms with Crippen molar-refractivity contribution in [3.8, 4) is 0 Å². The van der Waals surface area contributed by atoms with Crippen LogP contribution >= 0.6 is 27.5 Å². The first-order chi connectivity index (χ1) is 10.2. The van der Waals surface area contributed by atoms with Gasteiger partial charge >= 0.3 is 0 Å². The summed E-state index contributed by atoms with van der Waals surface area (Å²) in [5.41, 5.74) is 2.69. The quantitative estimate of drug-likeness (QED) is 0.832. The predicted octanol–water partition coefficient (Wildman–Crippen LogP) is 3.85. The number of nitrogens with one attached hydrogen (secondary N) is 1. The third-order valence-electron chi connectivity index (χ3n) is 3.52. The molecule has 3 rings (SSSR count). The molecular weight excluding hydrogens is 352 g/mol. The number of anilines is 1. The van der Waals surface area contributed by atoms with Crippen LogP contribution in [-0.4, -0.2) is 19.0 Å². The molecular formula is C16H14BrClN2O. The summed E-state index contributed by atoms with van der Waals surface area (Å²) in [5, 5.41) is 3.88. The molecule has 0 aliphatic carbocycles. The van der Waals surface area contributed by atoms with E-state index in [1.54, 1.807) is 18.2 Å². The largest absolute Gasteiger partial charge is 0.311 e. The molecule has 5 heteroatoms. The van der Waals surface area contributed by atoms with Crippen molar-refractivity contribution in [3.63, 3.8) is 0 Å². The van der Waals surface area contributed by atoms with Crippen molar-refractivity contribution in [3.05, 3.63) is 63.1 Å². The number of fused-ring (bicyclic) bond motifs is 1. The molecule has 1 heterocycles. The van der Waals surface area contributed by atoms with Gasteiger partial charge in [0.05, 0.1) is 5.02 Å². The minimum Gasteiger partial charge on any atom is -0.311 e. The summed E-state index contributed by atoms with van der Waals surface area (Å²) in [6, 6.07) is 13.3. The summed E-state index contributed by atoms with van der Waals surface area (Å²) in [6.45, 7) is 2.19. The smallest absolute Gasteiger partial charge is 0.258 e. The molecule has 0 radical (unpaired) electrons. The lowest BCUT2D eigenvalue weighted by Crippen LogP contribution is -2.34. The van der Waals surface area contributed by atoms with Gasteiger partial charge in [0.2, 0.25) is 0 Å². The molecule has 1 aliphatic heterocycles. The highest BCUT2D eigenvalue weighted by molar-refractivity contribution is 9.10. The van der Waals surface area contributed by atoms with E-state index in [1.165, 1.54) is 0 Å². The molecule has 0 bridgehead atoms. The van der Waals surface area contributed by atoms with E-state index in [4.69, 9.17) is 11.6 Å². The number of halogens is 2. The van der Waals surface area contributed by atoms with Crippen molar-refractivity contribution < 1.29 is 4.79 Å². The SMILES string of the molecule is O=C(c1ccc(Br)c(Cl)c1)N1CCNCc2ccccc21. The molecule has 0 saturated heterocycles. The maximum Gasteiger partial charge on any atom is 0.258 e. The van der Waals surface area contributed by atoms with Gasteiger partial charge < -0.3 is 10.2 Å². The van der Waals surface area contributed by atoms with Gasteiger partial charge in [0.15, 0.2) is 0 Å². The lowest BCUT2D eigenvalue weighted by atomic mass is 10.1. The van der Waals surface area contributed by atoms with Gasteiger partial charge in [-0.15, -0.1) is 0 Å². The molecule has 21 heavy (non-hydrogen) atoms. The zero-order chi connectivity index (χ0) is 14.8. The van der Waals surface area contributed by atoms with Gasteiger partial charge in [0, 0.05) is 35.4 Å². The van der Waals surface area contributed by atoms with Crippen LogP contribution in [0.3, 0.4) is 0 Å². The maximum absolute atomic E-state index is 12.8. The number of hydrogen-bond acceptors (Lipinski definition) is 2. The first kappa shape index (κ1) is 14.6. The number of hydrogen-bond donors (Lipinski definition) is 1. The maximum atomic E-state index is 12.8. The fraction of sp³-hybridized carbons (Fsp3) is 0.188. The number of rotatable bonds is 1. The average Bonchev–Trinajstić information content (AvgIpc) is 2.71. The van der Waals surface area contributed by atoms with Gasteiger partial charge in [-0.25, -0.2) is 0 Å². The van der Waals surface area contributed by atoms with E-state index in [0.29, 0.717) is 17.1 Å². The molecule has 108 valence electrons. The van der Waals surface area contributed by atoms with Crippen LogP contribution in [0.1, 0.15) is 15.9 Å². The fourth-order valence-corrected chi connectivity index (χ4v) is 2.88. The van der Waals surface area contributed by atoms with Crippen LogP contribution < -0.4 is 10.2 Å². The molecule has 2 aromatic carbocycles. The summed E-state index contributed by atoms with van der Waals surface area (Å²) in [7, 11) is 0. The van der Waals surface area contributed by atoms with Crippen molar-refractivity contribution in [1.82, 2.24) is 5.32 Å². The molecule has 0 atom stereocenters. The molecule has 0 aromatic heterocycles. The Morgan fingerprint density at radius 2 is 2.05 bits per heavy atom. The number of nitrogens with zero attached hydrogens (tertiary/aromatic N) is 1. The van der Waals surface area contributed by atoms with E-state index in [2.05, 4.69) is 21.2 Å².